The van der Waals surface area contributed by atoms with Crippen molar-refractivity contribution in [1.82, 2.24) is 9.80 Å². The van der Waals surface area contributed by atoms with Gasteiger partial charge in [0.25, 0.3) is 0 Å². The largest absolute Gasteiger partial charge is 0.507 e. The Hall–Kier alpha value is -3.02. The molecule has 5 nitrogen and oxygen atoms in total. The molecule has 0 radical (unpaired) electrons. The molecule has 0 unspecified atom stereocenters. The van der Waals surface area contributed by atoms with Crippen molar-refractivity contribution >= 4 is 0 Å². The van der Waals surface area contributed by atoms with Crippen LogP contribution >= 0.6 is 0 Å². The third-order valence-electron chi connectivity index (χ3n) is 5.97. The summed E-state index contributed by atoms with van der Waals surface area (Å²) in [6, 6.07) is 25.3. The number of rotatable bonds is 5. The minimum absolute atomic E-state index is 0.220. The summed E-state index contributed by atoms with van der Waals surface area (Å²) in [5.74, 6) is 1.61. The predicted molar refractivity (Wildman–Crippen MR) is 116 cm³/mol. The van der Waals surface area contributed by atoms with Gasteiger partial charge < -0.3 is 14.6 Å². The zero-order chi connectivity index (χ0) is 20.3. The summed E-state index contributed by atoms with van der Waals surface area (Å²) >= 11 is 0. The highest BCUT2D eigenvalue weighted by atomic mass is 16.7. The van der Waals surface area contributed by atoms with Gasteiger partial charge in [-0.3, -0.25) is 9.80 Å². The van der Waals surface area contributed by atoms with Crippen LogP contribution in [0.5, 0.6) is 17.2 Å². The molecule has 1 N–H and O–H groups in total. The van der Waals surface area contributed by atoms with Crippen LogP contribution in [0.4, 0.5) is 0 Å². The number of hydrogen-bond donors (Lipinski definition) is 1. The second-order valence-corrected chi connectivity index (χ2v) is 7.87. The van der Waals surface area contributed by atoms with Gasteiger partial charge in [-0.1, -0.05) is 60.7 Å². The van der Waals surface area contributed by atoms with E-state index in [1.165, 1.54) is 11.1 Å². The van der Waals surface area contributed by atoms with Crippen molar-refractivity contribution in [2.24, 2.45) is 0 Å². The van der Waals surface area contributed by atoms with E-state index in [2.05, 4.69) is 70.5 Å². The quantitative estimate of drug-likeness (QED) is 0.698. The Labute approximate surface area is 177 Å². The molecule has 5 rings (SSSR count). The van der Waals surface area contributed by atoms with Crippen molar-refractivity contribution in [3.8, 4) is 17.2 Å². The van der Waals surface area contributed by atoms with E-state index >= 15 is 0 Å². The Bertz CT molecular complexity index is 947. The van der Waals surface area contributed by atoms with Crippen LogP contribution < -0.4 is 9.47 Å². The lowest BCUT2D eigenvalue weighted by molar-refractivity contribution is 0.104. The smallest absolute Gasteiger partial charge is 0.231 e. The van der Waals surface area contributed by atoms with Crippen LogP contribution in [-0.2, 0) is 6.54 Å². The fourth-order valence-corrected chi connectivity index (χ4v) is 4.41. The van der Waals surface area contributed by atoms with Gasteiger partial charge in [-0.25, -0.2) is 0 Å². The zero-order valence-electron chi connectivity index (χ0n) is 16.9. The fourth-order valence-electron chi connectivity index (χ4n) is 4.41. The van der Waals surface area contributed by atoms with E-state index in [0.29, 0.717) is 12.3 Å². The first kappa shape index (κ1) is 19.0. The molecule has 0 atom stereocenters. The van der Waals surface area contributed by atoms with Crippen molar-refractivity contribution < 1.29 is 14.6 Å². The number of piperazine rings is 1. The molecule has 2 heterocycles. The van der Waals surface area contributed by atoms with Gasteiger partial charge in [0.15, 0.2) is 11.5 Å². The lowest BCUT2D eigenvalue weighted by atomic mass is 9.96. The number of phenols is 1. The monoisotopic (exact) mass is 402 g/mol. The van der Waals surface area contributed by atoms with Crippen molar-refractivity contribution in [3.05, 3.63) is 89.5 Å². The van der Waals surface area contributed by atoms with Crippen molar-refractivity contribution in [2.45, 2.75) is 12.6 Å². The summed E-state index contributed by atoms with van der Waals surface area (Å²) in [6.45, 7) is 4.77. The maximum absolute atomic E-state index is 10.4. The average molecular weight is 402 g/mol. The highest BCUT2D eigenvalue weighted by Crippen LogP contribution is 2.38. The predicted octanol–water partition coefficient (Wildman–Crippen LogP) is 4.03. The highest BCUT2D eigenvalue weighted by molar-refractivity contribution is 5.51. The number of ether oxygens (including phenoxy) is 2. The van der Waals surface area contributed by atoms with Crippen LogP contribution in [0.3, 0.4) is 0 Å². The lowest BCUT2D eigenvalue weighted by Crippen LogP contribution is -2.47. The van der Waals surface area contributed by atoms with Gasteiger partial charge in [0.1, 0.15) is 5.75 Å². The average Bonchev–Trinajstić information content (AvgIpc) is 3.24. The molecule has 1 saturated heterocycles. The normalized spacial score (nSPS) is 16.8. The SMILES string of the molecule is Oc1cc2c(cc1CN1CCN(C(c3ccccc3)c3ccccc3)CC1)OCO2. The summed E-state index contributed by atoms with van der Waals surface area (Å²) in [7, 11) is 0. The van der Waals surface area contributed by atoms with Crippen molar-refractivity contribution in [2.75, 3.05) is 33.0 Å². The van der Waals surface area contributed by atoms with E-state index in [1.807, 2.05) is 6.07 Å². The van der Waals surface area contributed by atoms with E-state index in [9.17, 15) is 5.11 Å². The van der Waals surface area contributed by atoms with Gasteiger partial charge in [-0.2, -0.15) is 0 Å². The van der Waals surface area contributed by atoms with Crippen molar-refractivity contribution in [1.29, 1.82) is 0 Å². The molecule has 2 aliphatic heterocycles. The third-order valence-corrected chi connectivity index (χ3v) is 5.97. The summed E-state index contributed by atoms with van der Waals surface area (Å²) in [5.41, 5.74) is 3.53. The van der Waals surface area contributed by atoms with Gasteiger partial charge in [-0.05, 0) is 17.2 Å². The van der Waals surface area contributed by atoms with E-state index in [1.54, 1.807) is 6.07 Å². The number of nitrogens with zero attached hydrogens (tertiary/aromatic N) is 2. The van der Waals surface area contributed by atoms with E-state index < -0.39 is 0 Å². The molecule has 2 aliphatic rings. The molecule has 0 amide bonds. The Morgan fingerprint density at radius 2 is 1.33 bits per heavy atom. The summed E-state index contributed by atoms with van der Waals surface area (Å²) < 4.78 is 10.8. The minimum atomic E-state index is 0.220. The van der Waals surface area contributed by atoms with Gasteiger partial charge in [-0.15, -0.1) is 0 Å². The van der Waals surface area contributed by atoms with Gasteiger partial charge in [0.2, 0.25) is 6.79 Å². The summed E-state index contributed by atoms with van der Waals surface area (Å²) in [4.78, 5) is 4.95. The van der Waals surface area contributed by atoms with Gasteiger partial charge in [0, 0.05) is 44.4 Å². The molecule has 0 aromatic heterocycles. The maximum Gasteiger partial charge on any atom is 0.231 e. The number of aromatic hydroxyl groups is 1. The first-order chi connectivity index (χ1) is 14.8. The number of phenolic OH excluding ortho intramolecular Hbond substituents is 1. The molecule has 5 heteroatoms. The zero-order valence-corrected chi connectivity index (χ0v) is 16.9. The highest BCUT2D eigenvalue weighted by Gasteiger charge is 2.27. The summed E-state index contributed by atoms with van der Waals surface area (Å²) in [6.07, 6.45) is 0. The molecule has 3 aromatic carbocycles. The number of fused-ring (bicyclic) bond motifs is 1. The van der Waals surface area contributed by atoms with E-state index in [0.717, 1.165) is 37.5 Å². The van der Waals surface area contributed by atoms with E-state index in [4.69, 9.17) is 9.47 Å². The first-order valence-electron chi connectivity index (χ1n) is 10.5. The molecule has 0 aliphatic carbocycles. The molecular formula is C25H26N2O3. The van der Waals surface area contributed by atoms with Crippen LogP contribution in [0.1, 0.15) is 22.7 Å². The van der Waals surface area contributed by atoms with Crippen molar-refractivity contribution in [3.63, 3.8) is 0 Å². The molecule has 0 saturated carbocycles. The molecular weight excluding hydrogens is 376 g/mol. The van der Waals surface area contributed by atoms with Crippen LogP contribution in [0.15, 0.2) is 72.8 Å². The first-order valence-corrected chi connectivity index (χ1v) is 10.5. The Balaban J connectivity index is 1.30. The molecule has 154 valence electrons. The van der Waals surface area contributed by atoms with E-state index in [-0.39, 0.29) is 18.6 Å². The molecule has 0 spiro atoms. The molecule has 30 heavy (non-hydrogen) atoms. The topological polar surface area (TPSA) is 45.2 Å². The Morgan fingerprint density at radius 1 is 0.767 bits per heavy atom. The number of hydrogen-bond acceptors (Lipinski definition) is 5. The molecule has 0 bridgehead atoms. The van der Waals surface area contributed by atoms with Gasteiger partial charge >= 0.3 is 0 Å². The minimum Gasteiger partial charge on any atom is -0.507 e. The van der Waals surface area contributed by atoms with Gasteiger partial charge in [0.05, 0.1) is 6.04 Å². The number of benzene rings is 3. The lowest BCUT2D eigenvalue weighted by Gasteiger charge is -2.40. The maximum atomic E-state index is 10.4. The second kappa shape index (κ2) is 8.38. The molecule has 1 fully saturated rings. The third kappa shape index (κ3) is 3.86. The Kier molecular flexibility index (Phi) is 5.30. The van der Waals surface area contributed by atoms with Crippen LogP contribution in [0.25, 0.3) is 0 Å². The standard InChI is InChI=1S/C25H26N2O3/c28-22-16-24-23(29-18-30-24)15-21(22)17-26-11-13-27(14-12-26)25(19-7-3-1-4-8-19)20-9-5-2-6-10-20/h1-10,15-16,25,28H,11-14,17-18H2. The van der Waals surface area contributed by atoms with Crippen LogP contribution in [0.2, 0.25) is 0 Å². The Morgan fingerprint density at radius 3 is 1.93 bits per heavy atom. The second-order valence-electron chi connectivity index (χ2n) is 7.87. The van der Waals surface area contributed by atoms with Crippen LogP contribution in [-0.4, -0.2) is 47.9 Å². The molecule has 3 aromatic rings. The summed E-state index contributed by atoms with van der Waals surface area (Å²) in [5, 5.41) is 10.4. The van der Waals surface area contributed by atoms with Crippen LogP contribution in [0, 0.1) is 0 Å². The fraction of sp³-hybridized carbons (Fsp3) is 0.280.